The molecule has 2 N–H and O–H groups in total. The number of nitrogens with one attached hydrogen (secondary N) is 2. The molecule has 45 heavy (non-hydrogen) atoms. The van der Waals surface area contributed by atoms with Crippen LogP contribution in [-0.4, -0.2) is 0 Å². The van der Waals surface area contributed by atoms with Crippen LogP contribution in [0.1, 0.15) is 11.1 Å². The van der Waals surface area contributed by atoms with Crippen LogP contribution in [0, 0.1) is 0 Å². The molecule has 0 amide bonds. The van der Waals surface area contributed by atoms with E-state index >= 15 is 0 Å². The molecule has 0 saturated heterocycles. The van der Waals surface area contributed by atoms with E-state index in [0.29, 0.717) is 6.54 Å². The van der Waals surface area contributed by atoms with Crippen molar-refractivity contribution in [1.82, 2.24) is 0 Å². The molecule has 0 aromatic heterocycles. The molecule has 3 nitrogen and oxygen atoms in total. The summed E-state index contributed by atoms with van der Waals surface area (Å²) in [4.78, 5) is 0. The van der Waals surface area contributed by atoms with Gasteiger partial charge in [-0.05, 0) is 127 Å². The molecule has 0 heterocycles. The Hall–Kier alpha value is -5.80. The van der Waals surface area contributed by atoms with Gasteiger partial charge in [-0.1, -0.05) is 84.9 Å². The van der Waals surface area contributed by atoms with E-state index in [4.69, 9.17) is 4.74 Å². The van der Waals surface area contributed by atoms with Gasteiger partial charge in [-0.25, -0.2) is 0 Å². The summed E-state index contributed by atoms with van der Waals surface area (Å²) in [6.07, 6.45) is 0. The molecule has 8 aromatic carbocycles. The quantitative estimate of drug-likeness (QED) is 0.175. The summed E-state index contributed by atoms with van der Waals surface area (Å²) in [6.45, 7) is 1.46. The molecule has 216 valence electrons. The standard InChI is InChI=1S/C42H32N2O/c1-3-9-33-25-37-21-29(13-15-35(37)23-31(33)7-1)27-43-39-17-19-40(20-18-39)45-42-12-6-5-11-41(42)44-28-30-14-16-36-24-32-8-2-4-10-34(32)26-38(36)22-30/h1-26,43-44H,27-28H2. The van der Waals surface area contributed by atoms with Crippen LogP contribution in [0.3, 0.4) is 0 Å². The van der Waals surface area contributed by atoms with E-state index in [1.165, 1.54) is 54.2 Å². The van der Waals surface area contributed by atoms with Crippen LogP contribution >= 0.6 is 0 Å². The fourth-order valence-corrected chi connectivity index (χ4v) is 6.07. The summed E-state index contributed by atoms with van der Waals surface area (Å²) in [5.74, 6) is 1.60. The number of benzene rings is 8. The van der Waals surface area contributed by atoms with Gasteiger partial charge in [0.05, 0.1) is 5.69 Å². The van der Waals surface area contributed by atoms with Crippen molar-refractivity contribution in [3.05, 3.63) is 169 Å². The number of para-hydroxylation sites is 2. The monoisotopic (exact) mass is 580 g/mol. The predicted octanol–water partition coefficient (Wildman–Crippen LogP) is 11.3. The molecular formula is C42H32N2O. The SMILES string of the molecule is c1ccc(Oc2ccc(NCc3ccc4cc5ccccc5cc4c3)cc2)c(NCc2ccc3cc4ccccc4cc3c2)c1. The Kier molecular flexibility index (Phi) is 6.97. The molecule has 8 rings (SSSR count). The highest BCUT2D eigenvalue weighted by Gasteiger charge is 2.07. The third kappa shape index (κ3) is 5.76. The van der Waals surface area contributed by atoms with Gasteiger partial charge in [-0.2, -0.15) is 0 Å². The lowest BCUT2D eigenvalue weighted by Gasteiger charge is -2.14. The molecule has 0 aliphatic heterocycles. The number of ether oxygens (including phenoxy) is 1. The molecule has 0 bridgehead atoms. The second-order valence-corrected chi connectivity index (χ2v) is 11.6. The van der Waals surface area contributed by atoms with Gasteiger partial charge in [0, 0.05) is 18.8 Å². The highest BCUT2D eigenvalue weighted by atomic mass is 16.5. The average Bonchev–Trinajstić information content (AvgIpc) is 3.09. The zero-order chi connectivity index (χ0) is 30.0. The van der Waals surface area contributed by atoms with Gasteiger partial charge in [-0.3, -0.25) is 0 Å². The largest absolute Gasteiger partial charge is 0.455 e. The predicted molar refractivity (Wildman–Crippen MR) is 191 cm³/mol. The maximum atomic E-state index is 6.33. The fraction of sp³-hybridized carbons (Fsp3) is 0.0476. The van der Waals surface area contributed by atoms with Gasteiger partial charge in [-0.15, -0.1) is 0 Å². The molecular weight excluding hydrogens is 548 g/mol. The lowest BCUT2D eigenvalue weighted by atomic mass is 10.0. The van der Waals surface area contributed by atoms with Gasteiger partial charge >= 0.3 is 0 Å². The Bertz CT molecular complexity index is 2310. The van der Waals surface area contributed by atoms with Crippen LogP contribution in [0.5, 0.6) is 11.5 Å². The first-order valence-corrected chi connectivity index (χ1v) is 15.4. The van der Waals surface area contributed by atoms with Crippen LogP contribution < -0.4 is 15.4 Å². The van der Waals surface area contributed by atoms with Crippen molar-refractivity contribution in [3.8, 4) is 11.5 Å². The first-order chi connectivity index (χ1) is 22.2. The van der Waals surface area contributed by atoms with Crippen molar-refractivity contribution < 1.29 is 4.74 Å². The van der Waals surface area contributed by atoms with Crippen LogP contribution in [0.2, 0.25) is 0 Å². The fourth-order valence-electron chi connectivity index (χ4n) is 6.07. The Morgan fingerprint density at radius 1 is 0.378 bits per heavy atom. The lowest BCUT2D eigenvalue weighted by molar-refractivity contribution is 0.484. The van der Waals surface area contributed by atoms with Crippen molar-refractivity contribution in [2.24, 2.45) is 0 Å². The van der Waals surface area contributed by atoms with Gasteiger partial charge in [0.2, 0.25) is 0 Å². The van der Waals surface area contributed by atoms with E-state index < -0.39 is 0 Å². The first kappa shape index (κ1) is 26.8. The Labute approximate surface area is 262 Å². The minimum atomic E-state index is 0.705. The molecule has 0 aliphatic carbocycles. The maximum absolute atomic E-state index is 6.33. The van der Waals surface area contributed by atoms with Crippen molar-refractivity contribution in [2.45, 2.75) is 13.1 Å². The highest BCUT2D eigenvalue weighted by molar-refractivity contribution is 5.99. The number of rotatable bonds is 8. The van der Waals surface area contributed by atoms with E-state index in [1.54, 1.807) is 0 Å². The second kappa shape index (κ2) is 11.7. The molecule has 0 aliphatic rings. The molecule has 0 atom stereocenters. The van der Waals surface area contributed by atoms with E-state index in [-0.39, 0.29) is 0 Å². The number of hydrogen-bond donors (Lipinski definition) is 2. The van der Waals surface area contributed by atoms with Crippen molar-refractivity contribution in [1.29, 1.82) is 0 Å². The van der Waals surface area contributed by atoms with Crippen LogP contribution in [-0.2, 0) is 13.1 Å². The third-order valence-electron chi connectivity index (χ3n) is 8.49. The molecule has 0 spiro atoms. The van der Waals surface area contributed by atoms with Crippen molar-refractivity contribution in [2.75, 3.05) is 10.6 Å². The summed E-state index contributed by atoms with van der Waals surface area (Å²) in [6, 6.07) is 55.7. The average molecular weight is 581 g/mol. The van der Waals surface area contributed by atoms with Crippen molar-refractivity contribution >= 4 is 54.5 Å². The third-order valence-corrected chi connectivity index (χ3v) is 8.49. The molecule has 0 saturated carbocycles. The van der Waals surface area contributed by atoms with Gasteiger partial charge in [0.15, 0.2) is 5.75 Å². The van der Waals surface area contributed by atoms with E-state index in [2.05, 4.69) is 138 Å². The van der Waals surface area contributed by atoms with E-state index in [0.717, 1.165) is 29.4 Å². The summed E-state index contributed by atoms with van der Waals surface area (Å²) in [5, 5.41) is 17.2. The summed E-state index contributed by atoms with van der Waals surface area (Å²) in [5.41, 5.74) is 4.49. The van der Waals surface area contributed by atoms with Gasteiger partial charge < -0.3 is 15.4 Å². The molecule has 3 heteroatoms. The summed E-state index contributed by atoms with van der Waals surface area (Å²) in [7, 11) is 0. The Morgan fingerprint density at radius 2 is 0.844 bits per heavy atom. The van der Waals surface area contributed by atoms with Crippen LogP contribution in [0.25, 0.3) is 43.1 Å². The number of fused-ring (bicyclic) bond motifs is 4. The van der Waals surface area contributed by atoms with Crippen LogP contribution in [0.15, 0.2) is 158 Å². The zero-order valence-electron chi connectivity index (χ0n) is 24.8. The minimum absolute atomic E-state index is 0.705. The summed E-state index contributed by atoms with van der Waals surface area (Å²) < 4.78 is 6.33. The molecule has 0 unspecified atom stereocenters. The van der Waals surface area contributed by atoms with E-state index in [1.807, 2.05) is 30.3 Å². The Balaban J connectivity index is 0.921. The zero-order valence-corrected chi connectivity index (χ0v) is 24.8. The number of anilines is 2. The smallest absolute Gasteiger partial charge is 0.150 e. The number of hydrogen-bond acceptors (Lipinski definition) is 3. The normalized spacial score (nSPS) is 11.3. The van der Waals surface area contributed by atoms with Crippen LogP contribution in [0.4, 0.5) is 11.4 Å². The topological polar surface area (TPSA) is 33.3 Å². The van der Waals surface area contributed by atoms with Gasteiger partial charge in [0.1, 0.15) is 5.75 Å². The lowest BCUT2D eigenvalue weighted by Crippen LogP contribution is -2.01. The van der Waals surface area contributed by atoms with Gasteiger partial charge in [0.25, 0.3) is 0 Å². The minimum Gasteiger partial charge on any atom is -0.455 e. The molecule has 8 aromatic rings. The highest BCUT2D eigenvalue weighted by Crippen LogP contribution is 2.31. The first-order valence-electron chi connectivity index (χ1n) is 15.4. The molecule has 0 fully saturated rings. The molecule has 0 radical (unpaired) electrons. The van der Waals surface area contributed by atoms with E-state index in [9.17, 15) is 0 Å². The maximum Gasteiger partial charge on any atom is 0.150 e. The summed E-state index contributed by atoms with van der Waals surface area (Å²) >= 11 is 0. The Morgan fingerprint density at radius 3 is 1.42 bits per heavy atom. The second-order valence-electron chi connectivity index (χ2n) is 11.6. The van der Waals surface area contributed by atoms with Crippen molar-refractivity contribution in [3.63, 3.8) is 0 Å².